The lowest BCUT2D eigenvalue weighted by molar-refractivity contribution is -0.352. The number of halogens is 17. The Morgan fingerprint density at radius 1 is 0.743 bits per heavy atom. The van der Waals surface area contributed by atoms with E-state index in [9.17, 15) is 74.6 Å². The summed E-state index contributed by atoms with van der Waals surface area (Å²) in [5.74, 6) is -11.1. The number of morpholine rings is 1. The van der Waals surface area contributed by atoms with E-state index in [4.69, 9.17) is 0 Å². The van der Waals surface area contributed by atoms with Gasteiger partial charge in [-0.15, -0.1) is 0 Å². The van der Waals surface area contributed by atoms with Crippen molar-refractivity contribution in [3.8, 4) is 0 Å². The molecule has 0 aromatic carbocycles. The zero-order chi connectivity index (χ0) is 28.1. The van der Waals surface area contributed by atoms with E-state index in [0.717, 1.165) is 0 Å². The quantitative estimate of drug-likeness (QED) is 0.364. The van der Waals surface area contributed by atoms with Crippen LogP contribution in [0.25, 0.3) is 0 Å². The zero-order valence-electron chi connectivity index (χ0n) is 16.3. The van der Waals surface area contributed by atoms with Crippen molar-refractivity contribution in [2.24, 2.45) is 5.73 Å². The summed E-state index contributed by atoms with van der Waals surface area (Å²) in [6, 6.07) is 0. The molecule has 1 fully saturated rings. The molecule has 1 heterocycles. The van der Waals surface area contributed by atoms with Crippen LogP contribution in [-0.2, 0) is 9.47 Å². The second-order valence-electron chi connectivity index (χ2n) is 7.23. The molecular weight excluding hydrogens is 551 g/mol. The molecule has 0 aromatic rings. The number of rotatable bonds is 7. The van der Waals surface area contributed by atoms with E-state index >= 15 is 0 Å². The van der Waals surface area contributed by atoms with Gasteiger partial charge < -0.3 is 9.47 Å². The first-order chi connectivity index (χ1) is 15.2. The van der Waals surface area contributed by atoms with E-state index in [2.05, 4.69) is 15.2 Å². The minimum atomic E-state index is -6.72. The van der Waals surface area contributed by atoms with Gasteiger partial charge in [-0.2, -0.15) is 52.7 Å². The van der Waals surface area contributed by atoms with Crippen molar-refractivity contribution < 1.29 is 84.1 Å². The Balaban J connectivity index is 3.30. The lowest BCUT2D eigenvalue weighted by Gasteiger charge is -2.48. The van der Waals surface area contributed by atoms with Gasteiger partial charge >= 0.3 is 30.6 Å². The third-order valence-corrected chi connectivity index (χ3v) is 4.55. The van der Waals surface area contributed by atoms with Crippen LogP contribution in [0.2, 0.25) is 0 Å². The molecule has 2 N–H and O–H groups in total. The Morgan fingerprint density at radius 2 is 1.14 bits per heavy atom. The Labute approximate surface area is 183 Å². The van der Waals surface area contributed by atoms with Crippen LogP contribution >= 0.6 is 0 Å². The highest BCUT2D eigenvalue weighted by atomic mass is 19.4. The molecule has 0 saturated carbocycles. The van der Waals surface area contributed by atoms with Crippen molar-refractivity contribution in [3.05, 3.63) is 0 Å². The number of alkyl halides is 17. The Kier molecular flexibility index (Phi) is 8.61. The Hall–Kier alpha value is -1.35. The molecular formula is C14H13F17N2O2. The summed E-state index contributed by atoms with van der Waals surface area (Å²) in [6.07, 6.45) is -36.9. The third-order valence-electron chi connectivity index (χ3n) is 4.55. The molecule has 0 bridgehead atoms. The molecule has 210 valence electrons. The number of hydrogen-bond acceptors (Lipinski definition) is 4. The fourth-order valence-corrected chi connectivity index (χ4v) is 2.66. The van der Waals surface area contributed by atoms with Crippen molar-refractivity contribution in [3.63, 3.8) is 0 Å². The second kappa shape index (κ2) is 9.51. The van der Waals surface area contributed by atoms with E-state index in [-0.39, 0.29) is 0 Å². The molecule has 0 amide bonds. The predicted molar refractivity (Wildman–Crippen MR) is 77.0 cm³/mol. The largest absolute Gasteiger partial charge is 0.430 e. The molecule has 0 spiro atoms. The van der Waals surface area contributed by atoms with Crippen LogP contribution in [0.4, 0.5) is 74.6 Å². The molecule has 1 rings (SSSR count). The minimum absolute atomic E-state index is 1.13. The van der Waals surface area contributed by atoms with Gasteiger partial charge in [0, 0.05) is 13.1 Å². The molecule has 1 saturated heterocycles. The molecule has 35 heavy (non-hydrogen) atoms. The molecule has 21 heteroatoms. The third kappa shape index (κ3) is 6.90. The van der Waals surface area contributed by atoms with Gasteiger partial charge in [0.05, 0.1) is 6.61 Å². The Morgan fingerprint density at radius 3 is 1.46 bits per heavy atom. The van der Waals surface area contributed by atoms with Crippen molar-refractivity contribution in [1.82, 2.24) is 4.90 Å². The first-order valence-corrected chi connectivity index (χ1v) is 8.61. The number of nitrogens with two attached hydrogens (primary N) is 1. The number of nitrogens with zero attached hydrogens (tertiary/aromatic N) is 1. The Bertz CT molecular complexity index is 694. The predicted octanol–water partition coefficient (Wildman–Crippen LogP) is 4.59. The second-order valence-corrected chi connectivity index (χ2v) is 7.23. The summed E-state index contributed by atoms with van der Waals surface area (Å²) in [6.45, 7) is -10.6. The fraction of sp³-hybridized carbons (Fsp3) is 1.00. The first-order valence-electron chi connectivity index (χ1n) is 8.61. The summed E-state index contributed by atoms with van der Waals surface area (Å²) < 4.78 is 229. The van der Waals surface area contributed by atoms with Gasteiger partial charge in [-0.25, -0.2) is 26.9 Å². The average molecular weight is 564 g/mol. The summed E-state index contributed by atoms with van der Waals surface area (Å²) in [4.78, 5) is -1.13. The van der Waals surface area contributed by atoms with Crippen LogP contribution in [0.15, 0.2) is 0 Å². The molecule has 5 atom stereocenters. The van der Waals surface area contributed by atoms with E-state index < -0.39 is 91.8 Å². The van der Waals surface area contributed by atoms with Crippen LogP contribution in [0.1, 0.15) is 0 Å². The van der Waals surface area contributed by atoms with Crippen LogP contribution in [0.5, 0.6) is 0 Å². The molecule has 1 aliphatic heterocycles. The van der Waals surface area contributed by atoms with E-state index in [1.807, 2.05) is 0 Å². The molecule has 4 nitrogen and oxygen atoms in total. The fourth-order valence-electron chi connectivity index (χ4n) is 2.66. The lowest BCUT2D eigenvalue weighted by atomic mass is 9.97. The first kappa shape index (κ1) is 31.7. The molecule has 0 aliphatic carbocycles. The van der Waals surface area contributed by atoms with E-state index in [1.54, 1.807) is 0 Å². The van der Waals surface area contributed by atoms with E-state index in [0.29, 0.717) is 0 Å². The monoisotopic (exact) mass is 564 g/mol. The smallest absolute Gasteiger partial charge is 0.371 e. The van der Waals surface area contributed by atoms with Gasteiger partial charge in [0.15, 0.2) is 12.2 Å². The van der Waals surface area contributed by atoms with Crippen molar-refractivity contribution in [1.29, 1.82) is 0 Å². The maximum atomic E-state index is 14.9. The standard InChI is InChI=1S/C14H13F17N2O2/c15-7(12(25,26)27)8(16,17)3-34-4-9(18,13(28,29)30)14(31,32)33-1-5(10(19,20)21)35-6(2-33)11(22,23)24/h5-7H,1-4,32H2/t5?,6?,7-,9?,14?/m1/s1. The van der Waals surface area contributed by atoms with Gasteiger partial charge in [-0.1, -0.05) is 0 Å². The van der Waals surface area contributed by atoms with Crippen molar-refractivity contribution in [2.75, 3.05) is 26.3 Å². The van der Waals surface area contributed by atoms with Crippen LogP contribution in [0.3, 0.4) is 0 Å². The zero-order valence-corrected chi connectivity index (χ0v) is 16.3. The van der Waals surface area contributed by atoms with Gasteiger partial charge in [0.1, 0.15) is 6.61 Å². The average Bonchev–Trinajstić information content (AvgIpc) is 2.63. The van der Waals surface area contributed by atoms with Crippen LogP contribution in [0, 0.1) is 0 Å². The summed E-state index contributed by atoms with van der Waals surface area (Å²) >= 11 is 0. The van der Waals surface area contributed by atoms with Crippen molar-refractivity contribution in [2.45, 2.75) is 60.6 Å². The summed E-state index contributed by atoms with van der Waals surface area (Å²) in [5.41, 5.74) is -1.41. The molecule has 0 radical (unpaired) electrons. The van der Waals surface area contributed by atoms with Crippen LogP contribution < -0.4 is 5.73 Å². The van der Waals surface area contributed by atoms with Gasteiger partial charge in [0.25, 0.3) is 17.8 Å². The highest BCUT2D eigenvalue weighted by Gasteiger charge is 2.72. The van der Waals surface area contributed by atoms with Crippen LogP contribution in [-0.4, -0.2) is 91.8 Å². The van der Waals surface area contributed by atoms with Gasteiger partial charge in [0.2, 0.25) is 0 Å². The number of ether oxygens (including phenoxy) is 2. The minimum Gasteiger partial charge on any atom is -0.371 e. The van der Waals surface area contributed by atoms with E-state index in [1.165, 1.54) is 0 Å². The molecule has 0 aromatic heterocycles. The summed E-state index contributed by atoms with van der Waals surface area (Å²) in [7, 11) is 0. The molecule has 4 unspecified atom stereocenters. The normalized spacial score (nSPS) is 26.2. The van der Waals surface area contributed by atoms with Crippen molar-refractivity contribution >= 4 is 0 Å². The van der Waals surface area contributed by atoms with Gasteiger partial charge in [-0.05, 0) is 0 Å². The SMILES string of the molecule is NC(F)(N1CC(C(F)(F)F)OC(C(F)(F)F)C1)C(F)(COCC(F)(F)[C@@H](F)C(F)(F)F)C(F)(F)F. The topological polar surface area (TPSA) is 47.7 Å². The van der Waals surface area contributed by atoms with Gasteiger partial charge in [-0.3, -0.25) is 5.73 Å². The maximum Gasteiger partial charge on any atom is 0.430 e. The molecule has 1 aliphatic rings. The maximum absolute atomic E-state index is 14.9. The number of hydrogen-bond donors (Lipinski definition) is 1. The summed E-state index contributed by atoms with van der Waals surface area (Å²) in [5, 5.41) is 0. The highest BCUT2D eigenvalue weighted by Crippen LogP contribution is 2.46. The lowest BCUT2D eigenvalue weighted by Crippen LogP contribution is -2.76. The highest BCUT2D eigenvalue weighted by molar-refractivity contribution is 5.05.